The molecule has 112 valence electrons. The third-order valence-electron chi connectivity index (χ3n) is 3.52. The Balaban J connectivity index is 2.44. The summed E-state index contributed by atoms with van der Waals surface area (Å²) < 4.78 is 6.12. The molecule has 0 saturated heterocycles. The van der Waals surface area contributed by atoms with E-state index in [4.69, 9.17) is 10.5 Å². The first-order chi connectivity index (χ1) is 9.95. The van der Waals surface area contributed by atoms with Gasteiger partial charge in [0.05, 0.1) is 5.69 Å². The number of hydrogen-bond acceptors (Lipinski definition) is 3. The minimum Gasteiger partial charge on any atom is -0.455 e. The van der Waals surface area contributed by atoms with Gasteiger partial charge in [-0.05, 0) is 35.6 Å². The van der Waals surface area contributed by atoms with Crippen molar-refractivity contribution in [3.63, 3.8) is 0 Å². The number of rotatable bonds is 4. The molecule has 0 amide bonds. The van der Waals surface area contributed by atoms with Crippen molar-refractivity contribution in [2.45, 2.75) is 46.1 Å². The van der Waals surface area contributed by atoms with E-state index in [0.717, 1.165) is 23.6 Å². The molecule has 0 radical (unpaired) electrons. The predicted molar refractivity (Wildman–Crippen MR) is 86.7 cm³/mol. The van der Waals surface area contributed by atoms with Crippen LogP contribution in [0.25, 0.3) is 0 Å². The number of benzene rings is 1. The van der Waals surface area contributed by atoms with E-state index in [1.807, 2.05) is 18.2 Å². The third-order valence-corrected chi connectivity index (χ3v) is 3.52. The summed E-state index contributed by atoms with van der Waals surface area (Å²) in [4.78, 5) is 4.27. The highest BCUT2D eigenvalue weighted by atomic mass is 16.5. The Hall–Kier alpha value is -1.87. The zero-order valence-electron chi connectivity index (χ0n) is 13.3. The zero-order valence-corrected chi connectivity index (χ0v) is 13.3. The summed E-state index contributed by atoms with van der Waals surface area (Å²) >= 11 is 0. The molecule has 3 nitrogen and oxygen atoms in total. The molecule has 0 aliphatic carbocycles. The summed E-state index contributed by atoms with van der Waals surface area (Å²) in [7, 11) is 0. The summed E-state index contributed by atoms with van der Waals surface area (Å²) in [6.45, 7) is 9.12. The van der Waals surface area contributed by atoms with Crippen LogP contribution >= 0.6 is 0 Å². The van der Waals surface area contributed by atoms with Gasteiger partial charge in [-0.1, -0.05) is 39.8 Å². The molecule has 0 aliphatic heterocycles. The Bertz CT molecular complexity index is 615. The standard InChI is InChI=1S/C18H24N2O/c1-5-13-8-9-16(14(11-13)18(2,3)4)21-17-7-6-10-20-15(17)12-19/h6-11H,5,12,19H2,1-4H3. The highest BCUT2D eigenvalue weighted by Crippen LogP contribution is 2.35. The topological polar surface area (TPSA) is 48.1 Å². The van der Waals surface area contributed by atoms with E-state index in [2.05, 4.69) is 44.8 Å². The average Bonchev–Trinajstić information content (AvgIpc) is 2.47. The normalized spacial score (nSPS) is 11.5. The van der Waals surface area contributed by atoms with E-state index in [1.54, 1.807) is 6.20 Å². The Morgan fingerprint density at radius 1 is 1.14 bits per heavy atom. The summed E-state index contributed by atoms with van der Waals surface area (Å²) in [5.41, 5.74) is 9.05. The van der Waals surface area contributed by atoms with Crippen molar-refractivity contribution in [1.29, 1.82) is 0 Å². The molecule has 1 heterocycles. The Labute approximate surface area is 127 Å². The Morgan fingerprint density at radius 3 is 2.52 bits per heavy atom. The molecule has 0 fully saturated rings. The van der Waals surface area contributed by atoms with Gasteiger partial charge < -0.3 is 10.5 Å². The van der Waals surface area contributed by atoms with Crippen LogP contribution in [0.5, 0.6) is 11.5 Å². The first-order valence-electron chi connectivity index (χ1n) is 7.41. The average molecular weight is 284 g/mol. The molecule has 1 aromatic heterocycles. The number of nitrogens with two attached hydrogens (primary N) is 1. The van der Waals surface area contributed by atoms with Crippen molar-refractivity contribution in [2.75, 3.05) is 0 Å². The fourth-order valence-corrected chi connectivity index (χ4v) is 2.26. The predicted octanol–water partition coefficient (Wildman–Crippen LogP) is 4.19. The number of nitrogens with zero attached hydrogens (tertiary/aromatic N) is 1. The molecule has 0 unspecified atom stereocenters. The molecule has 0 atom stereocenters. The monoisotopic (exact) mass is 284 g/mol. The van der Waals surface area contributed by atoms with Crippen molar-refractivity contribution >= 4 is 0 Å². The number of pyridine rings is 1. The van der Waals surface area contributed by atoms with E-state index < -0.39 is 0 Å². The summed E-state index contributed by atoms with van der Waals surface area (Å²) in [6, 6.07) is 10.2. The molecule has 2 N–H and O–H groups in total. The lowest BCUT2D eigenvalue weighted by atomic mass is 9.85. The van der Waals surface area contributed by atoms with Gasteiger partial charge in [-0.2, -0.15) is 0 Å². The van der Waals surface area contributed by atoms with Gasteiger partial charge in [0, 0.05) is 18.3 Å². The van der Waals surface area contributed by atoms with Crippen LogP contribution in [-0.2, 0) is 18.4 Å². The van der Waals surface area contributed by atoms with Crippen LogP contribution in [0.15, 0.2) is 36.5 Å². The van der Waals surface area contributed by atoms with Crippen molar-refractivity contribution in [1.82, 2.24) is 4.98 Å². The molecule has 0 saturated carbocycles. The quantitative estimate of drug-likeness (QED) is 0.915. The van der Waals surface area contributed by atoms with Crippen LogP contribution in [0.3, 0.4) is 0 Å². The molecule has 21 heavy (non-hydrogen) atoms. The maximum absolute atomic E-state index is 6.12. The first kappa shape index (κ1) is 15.5. The zero-order chi connectivity index (χ0) is 15.5. The van der Waals surface area contributed by atoms with Gasteiger partial charge in [-0.25, -0.2) is 0 Å². The van der Waals surface area contributed by atoms with Crippen LogP contribution in [0.1, 0.15) is 44.5 Å². The Morgan fingerprint density at radius 2 is 1.90 bits per heavy atom. The number of hydrogen-bond donors (Lipinski definition) is 1. The van der Waals surface area contributed by atoms with Crippen molar-refractivity contribution in [3.8, 4) is 11.5 Å². The summed E-state index contributed by atoms with van der Waals surface area (Å²) in [5, 5.41) is 0. The van der Waals surface area contributed by atoms with Gasteiger partial charge in [0.1, 0.15) is 11.5 Å². The number of aryl methyl sites for hydroxylation is 1. The maximum Gasteiger partial charge on any atom is 0.150 e. The molecule has 3 heteroatoms. The van der Waals surface area contributed by atoms with Gasteiger partial charge in [-0.15, -0.1) is 0 Å². The number of aromatic nitrogens is 1. The molecule has 2 rings (SSSR count). The SMILES string of the molecule is CCc1ccc(Oc2cccnc2CN)c(C(C)(C)C)c1. The molecule has 1 aromatic carbocycles. The van der Waals surface area contributed by atoms with Gasteiger partial charge in [0.15, 0.2) is 0 Å². The molecule has 0 bridgehead atoms. The fourth-order valence-electron chi connectivity index (χ4n) is 2.26. The molecule has 2 aromatic rings. The maximum atomic E-state index is 6.12. The Kier molecular flexibility index (Phi) is 4.63. The lowest BCUT2D eigenvalue weighted by Crippen LogP contribution is -2.13. The first-order valence-corrected chi connectivity index (χ1v) is 7.41. The van der Waals surface area contributed by atoms with E-state index in [-0.39, 0.29) is 5.41 Å². The van der Waals surface area contributed by atoms with Crippen LogP contribution < -0.4 is 10.5 Å². The van der Waals surface area contributed by atoms with Gasteiger partial charge in [-0.3, -0.25) is 4.98 Å². The lowest BCUT2D eigenvalue weighted by Gasteiger charge is -2.24. The van der Waals surface area contributed by atoms with Gasteiger partial charge >= 0.3 is 0 Å². The van der Waals surface area contributed by atoms with Crippen LogP contribution in [0.4, 0.5) is 0 Å². The molecular weight excluding hydrogens is 260 g/mol. The second-order valence-corrected chi connectivity index (χ2v) is 6.19. The third kappa shape index (κ3) is 3.61. The molecule has 0 spiro atoms. The summed E-state index contributed by atoms with van der Waals surface area (Å²) in [5.74, 6) is 1.61. The van der Waals surface area contributed by atoms with E-state index in [0.29, 0.717) is 6.54 Å². The lowest BCUT2D eigenvalue weighted by molar-refractivity contribution is 0.447. The van der Waals surface area contributed by atoms with Gasteiger partial charge in [0.25, 0.3) is 0 Å². The largest absolute Gasteiger partial charge is 0.455 e. The van der Waals surface area contributed by atoms with E-state index >= 15 is 0 Å². The minimum absolute atomic E-state index is 0.0194. The van der Waals surface area contributed by atoms with Crippen molar-refractivity contribution < 1.29 is 4.74 Å². The highest BCUT2D eigenvalue weighted by molar-refractivity contribution is 5.44. The minimum atomic E-state index is 0.0194. The van der Waals surface area contributed by atoms with Gasteiger partial charge in [0.2, 0.25) is 0 Å². The highest BCUT2D eigenvalue weighted by Gasteiger charge is 2.20. The second kappa shape index (κ2) is 6.27. The molecule has 0 aliphatic rings. The molecular formula is C18H24N2O. The van der Waals surface area contributed by atoms with Crippen LogP contribution in [-0.4, -0.2) is 4.98 Å². The van der Waals surface area contributed by atoms with Crippen molar-refractivity contribution in [2.24, 2.45) is 5.73 Å². The van der Waals surface area contributed by atoms with Crippen molar-refractivity contribution in [3.05, 3.63) is 53.3 Å². The smallest absolute Gasteiger partial charge is 0.150 e. The van der Waals surface area contributed by atoms with Crippen LogP contribution in [0.2, 0.25) is 0 Å². The summed E-state index contributed by atoms with van der Waals surface area (Å²) in [6.07, 6.45) is 2.75. The van der Waals surface area contributed by atoms with E-state index in [9.17, 15) is 0 Å². The second-order valence-electron chi connectivity index (χ2n) is 6.19. The number of ether oxygens (including phenoxy) is 1. The fraction of sp³-hybridized carbons (Fsp3) is 0.389. The van der Waals surface area contributed by atoms with E-state index in [1.165, 1.54) is 11.1 Å². The van der Waals surface area contributed by atoms with Crippen LogP contribution in [0, 0.1) is 0 Å².